The van der Waals surface area contributed by atoms with Gasteiger partial charge in [0.05, 0.1) is 36.2 Å². The molecule has 0 N–H and O–H groups in total. The molecule has 2 aromatic heterocycles. The van der Waals surface area contributed by atoms with Gasteiger partial charge in [-0.3, -0.25) is 4.98 Å². The van der Waals surface area contributed by atoms with Crippen LogP contribution in [0.25, 0.3) is 11.3 Å². The first-order valence-corrected chi connectivity index (χ1v) is 8.52. The molecule has 1 saturated heterocycles. The average molecular weight is 374 g/mol. The quantitative estimate of drug-likeness (QED) is 0.691. The molecule has 0 spiro atoms. The van der Waals surface area contributed by atoms with Gasteiger partial charge in [0.2, 0.25) is 0 Å². The van der Waals surface area contributed by atoms with Crippen molar-refractivity contribution in [3.05, 3.63) is 60.8 Å². The van der Waals surface area contributed by atoms with E-state index in [1.165, 1.54) is 12.1 Å². The molecule has 3 aromatic rings. The van der Waals surface area contributed by atoms with E-state index in [2.05, 4.69) is 14.9 Å². The van der Waals surface area contributed by atoms with Gasteiger partial charge in [-0.2, -0.15) is 13.2 Å². The zero-order valence-corrected chi connectivity index (χ0v) is 14.4. The molecule has 27 heavy (non-hydrogen) atoms. The highest BCUT2D eigenvalue weighted by atomic mass is 19.4. The van der Waals surface area contributed by atoms with E-state index in [-0.39, 0.29) is 0 Å². The Morgan fingerprint density at radius 1 is 0.963 bits per heavy atom. The lowest BCUT2D eigenvalue weighted by Crippen LogP contribution is -2.47. The lowest BCUT2D eigenvalue weighted by molar-refractivity contribution is -0.137. The number of hydrogen-bond acceptors (Lipinski definition) is 5. The third-order valence-electron chi connectivity index (χ3n) is 4.58. The maximum absolute atomic E-state index is 12.9. The van der Waals surface area contributed by atoms with Crippen molar-refractivity contribution in [2.24, 2.45) is 0 Å². The summed E-state index contributed by atoms with van der Waals surface area (Å²) < 4.78 is 43.9. The standard InChI is InChI=1S/C19H17F3N4O/c20-19(21,22)15-2-1-3-16(10-15)25-5-7-26(8-6-25)18-12-23-11-17(24-18)14-4-9-27-13-14/h1-4,9-13H,5-8H2. The van der Waals surface area contributed by atoms with Crippen molar-refractivity contribution in [1.29, 1.82) is 0 Å². The van der Waals surface area contributed by atoms with E-state index >= 15 is 0 Å². The van der Waals surface area contributed by atoms with Crippen LogP contribution in [0.5, 0.6) is 0 Å². The first-order chi connectivity index (χ1) is 13.0. The molecule has 140 valence electrons. The molecule has 0 atom stereocenters. The summed E-state index contributed by atoms with van der Waals surface area (Å²) in [6, 6.07) is 7.28. The molecule has 8 heteroatoms. The number of nitrogens with zero attached hydrogens (tertiary/aromatic N) is 4. The number of anilines is 2. The van der Waals surface area contributed by atoms with E-state index in [1.54, 1.807) is 31.0 Å². The number of alkyl halides is 3. The summed E-state index contributed by atoms with van der Waals surface area (Å²) in [5.74, 6) is 0.748. The molecule has 1 aliphatic heterocycles. The van der Waals surface area contributed by atoms with Crippen LogP contribution in [0.3, 0.4) is 0 Å². The summed E-state index contributed by atoms with van der Waals surface area (Å²) in [5, 5.41) is 0. The first-order valence-electron chi connectivity index (χ1n) is 8.52. The van der Waals surface area contributed by atoms with E-state index in [9.17, 15) is 13.2 Å². The largest absolute Gasteiger partial charge is 0.472 e. The number of piperazine rings is 1. The Labute approximate surface area is 154 Å². The second kappa shape index (κ2) is 6.94. The second-order valence-corrected chi connectivity index (χ2v) is 6.30. The smallest absolute Gasteiger partial charge is 0.416 e. The molecule has 0 saturated carbocycles. The number of aromatic nitrogens is 2. The van der Waals surface area contributed by atoms with Gasteiger partial charge in [-0.25, -0.2) is 4.98 Å². The number of benzene rings is 1. The van der Waals surface area contributed by atoms with Gasteiger partial charge < -0.3 is 14.2 Å². The highest BCUT2D eigenvalue weighted by molar-refractivity contribution is 5.59. The summed E-state index contributed by atoms with van der Waals surface area (Å²) >= 11 is 0. The zero-order valence-electron chi connectivity index (χ0n) is 14.4. The molecular formula is C19H17F3N4O. The predicted molar refractivity (Wildman–Crippen MR) is 95.6 cm³/mol. The fourth-order valence-corrected chi connectivity index (χ4v) is 3.13. The van der Waals surface area contributed by atoms with E-state index in [4.69, 9.17) is 4.42 Å². The summed E-state index contributed by atoms with van der Waals surface area (Å²) in [4.78, 5) is 12.9. The first kappa shape index (κ1) is 17.4. The molecule has 4 rings (SSSR count). The van der Waals surface area contributed by atoms with Crippen molar-refractivity contribution in [3.63, 3.8) is 0 Å². The van der Waals surface area contributed by atoms with Gasteiger partial charge in [-0.15, -0.1) is 0 Å². The van der Waals surface area contributed by atoms with Crippen LogP contribution in [0.1, 0.15) is 5.56 Å². The van der Waals surface area contributed by atoms with Crippen molar-refractivity contribution in [1.82, 2.24) is 9.97 Å². The van der Waals surface area contributed by atoms with Crippen LogP contribution in [-0.2, 0) is 6.18 Å². The molecule has 3 heterocycles. The van der Waals surface area contributed by atoms with Gasteiger partial charge >= 0.3 is 6.18 Å². The molecule has 1 aromatic carbocycles. The van der Waals surface area contributed by atoms with Crippen molar-refractivity contribution >= 4 is 11.5 Å². The third-order valence-corrected chi connectivity index (χ3v) is 4.58. The van der Waals surface area contributed by atoms with Crippen molar-refractivity contribution < 1.29 is 17.6 Å². The molecule has 0 radical (unpaired) electrons. The minimum atomic E-state index is -4.33. The van der Waals surface area contributed by atoms with Crippen LogP contribution >= 0.6 is 0 Å². The van der Waals surface area contributed by atoms with Crippen molar-refractivity contribution in [2.45, 2.75) is 6.18 Å². The number of rotatable bonds is 3. The Morgan fingerprint density at radius 2 is 1.74 bits per heavy atom. The maximum Gasteiger partial charge on any atom is 0.416 e. The zero-order chi connectivity index (χ0) is 18.9. The third kappa shape index (κ3) is 3.74. The molecule has 5 nitrogen and oxygen atoms in total. The molecule has 0 aliphatic carbocycles. The van der Waals surface area contributed by atoms with Gasteiger partial charge in [0.25, 0.3) is 0 Å². The fourth-order valence-electron chi connectivity index (χ4n) is 3.13. The van der Waals surface area contributed by atoms with Crippen LogP contribution < -0.4 is 9.80 Å². The summed E-state index contributed by atoms with van der Waals surface area (Å²) in [6.07, 6.45) is 2.23. The Balaban J connectivity index is 1.46. The van der Waals surface area contributed by atoms with E-state index in [0.717, 1.165) is 23.1 Å². The lowest BCUT2D eigenvalue weighted by atomic mass is 10.1. The van der Waals surface area contributed by atoms with Crippen LogP contribution in [0.15, 0.2) is 59.7 Å². The Bertz CT molecular complexity index is 903. The topological polar surface area (TPSA) is 45.4 Å². The van der Waals surface area contributed by atoms with Gasteiger partial charge in [-0.05, 0) is 24.3 Å². The number of hydrogen-bond donors (Lipinski definition) is 0. The second-order valence-electron chi connectivity index (χ2n) is 6.30. The van der Waals surface area contributed by atoms with Gasteiger partial charge in [0.15, 0.2) is 0 Å². The highest BCUT2D eigenvalue weighted by Crippen LogP contribution is 2.32. The van der Waals surface area contributed by atoms with E-state index in [1.807, 2.05) is 11.0 Å². The van der Waals surface area contributed by atoms with Crippen LogP contribution in [0, 0.1) is 0 Å². The number of halogens is 3. The molecule has 0 bridgehead atoms. The SMILES string of the molecule is FC(F)(F)c1cccc(N2CCN(c3cncc(-c4ccoc4)n3)CC2)c1. The predicted octanol–water partition coefficient (Wildman–Crippen LogP) is 4.08. The molecule has 0 unspecified atom stereocenters. The Hall–Kier alpha value is -3.03. The molecule has 0 amide bonds. The van der Waals surface area contributed by atoms with Gasteiger partial charge in [-0.1, -0.05) is 6.07 Å². The molecule has 1 aliphatic rings. The summed E-state index contributed by atoms with van der Waals surface area (Å²) in [6.45, 7) is 2.53. The van der Waals surface area contributed by atoms with Crippen LogP contribution in [0.2, 0.25) is 0 Å². The Kier molecular flexibility index (Phi) is 4.47. The maximum atomic E-state index is 12.9. The molecular weight excluding hydrogens is 357 g/mol. The lowest BCUT2D eigenvalue weighted by Gasteiger charge is -2.36. The monoisotopic (exact) mass is 374 g/mol. The van der Waals surface area contributed by atoms with E-state index < -0.39 is 11.7 Å². The normalized spacial score (nSPS) is 15.2. The average Bonchev–Trinajstić information content (AvgIpc) is 3.23. The minimum absolute atomic E-state index is 0.586. The fraction of sp³-hybridized carbons (Fsp3) is 0.263. The van der Waals surface area contributed by atoms with Gasteiger partial charge in [0, 0.05) is 37.4 Å². The van der Waals surface area contributed by atoms with Crippen LogP contribution in [-0.4, -0.2) is 36.1 Å². The number of furan rings is 1. The van der Waals surface area contributed by atoms with Crippen molar-refractivity contribution in [2.75, 3.05) is 36.0 Å². The Morgan fingerprint density at radius 3 is 2.44 bits per heavy atom. The van der Waals surface area contributed by atoms with Crippen LogP contribution in [0.4, 0.5) is 24.7 Å². The van der Waals surface area contributed by atoms with E-state index in [0.29, 0.717) is 31.9 Å². The molecule has 1 fully saturated rings. The van der Waals surface area contributed by atoms with Gasteiger partial charge in [0.1, 0.15) is 5.82 Å². The van der Waals surface area contributed by atoms with Crippen molar-refractivity contribution in [3.8, 4) is 11.3 Å². The highest BCUT2D eigenvalue weighted by Gasteiger charge is 2.31. The summed E-state index contributed by atoms with van der Waals surface area (Å²) in [7, 11) is 0. The minimum Gasteiger partial charge on any atom is -0.472 e. The summed E-state index contributed by atoms with van der Waals surface area (Å²) in [5.41, 5.74) is 1.54.